The Bertz CT molecular complexity index is 598. The normalized spacial score (nSPS) is 21.0. The average molecular weight is 442 g/mol. The minimum absolute atomic E-state index is 0. The lowest BCUT2D eigenvalue weighted by Crippen LogP contribution is -2.47. The fourth-order valence-electron chi connectivity index (χ4n) is 3.39. The van der Waals surface area contributed by atoms with Crippen molar-refractivity contribution in [3.63, 3.8) is 0 Å². The lowest BCUT2D eigenvalue weighted by atomic mass is 10.0. The van der Waals surface area contributed by atoms with Crippen molar-refractivity contribution >= 4 is 42.5 Å². The summed E-state index contributed by atoms with van der Waals surface area (Å²) in [6.07, 6.45) is 2.33. The summed E-state index contributed by atoms with van der Waals surface area (Å²) in [4.78, 5) is 14.4. The predicted molar refractivity (Wildman–Crippen MR) is 111 cm³/mol. The standard InChI is InChI=1S/C18H25F2N3OS.2ClH/c19-16-2-1-13(9-17(16)20)11-23-6-3-14(4-7-23)22-18(24)10-15-12-25-8-5-21-15;;/h1-2,9,14-15,21H,3-8,10-12H2,(H,22,24);2*1H. The molecule has 0 radical (unpaired) electrons. The van der Waals surface area contributed by atoms with E-state index in [4.69, 9.17) is 0 Å². The van der Waals surface area contributed by atoms with Crippen molar-refractivity contribution in [3.8, 4) is 0 Å². The Morgan fingerprint density at radius 2 is 1.96 bits per heavy atom. The Labute approximate surface area is 176 Å². The topological polar surface area (TPSA) is 44.4 Å². The van der Waals surface area contributed by atoms with Crippen LogP contribution in [0.4, 0.5) is 8.78 Å². The third-order valence-corrected chi connectivity index (χ3v) is 5.90. The van der Waals surface area contributed by atoms with E-state index in [-0.39, 0.29) is 42.8 Å². The molecule has 2 heterocycles. The lowest BCUT2D eigenvalue weighted by molar-refractivity contribution is -0.122. The van der Waals surface area contributed by atoms with E-state index in [2.05, 4.69) is 15.5 Å². The number of likely N-dealkylation sites (tertiary alicyclic amines) is 1. The summed E-state index contributed by atoms with van der Waals surface area (Å²) in [5.41, 5.74) is 0.780. The van der Waals surface area contributed by atoms with Gasteiger partial charge in [-0.15, -0.1) is 24.8 Å². The highest BCUT2D eigenvalue weighted by molar-refractivity contribution is 7.99. The molecular formula is C18H27Cl2F2N3OS. The van der Waals surface area contributed by atoms with Gasteiger partial charge in [-0.05, 0) is 30.5 Å². The zero-order valence-corrected chi connectivity index (χ0v) is 17.5. The molecule has 2 fully saturated rings. The lowest BCUT2D eigenvalue weighted by Gasteiger charge is -2.33. The first-order chi connectivity index (χ1) is 12.1. The summed E-state index contributed by atoms with van der Waals surface area (Å²) in [6.45, 7) is 3.29. The summed E-state index contributed by atoms with van der Waals surface area (Å²) in [5, 5.41) is 6.53. The van der Waals surface area contributed by atoms with Gasteiger partial charge in [0, 0.05) is 56.2 Å². The number of thioether (sulfide) groups is 1. The van der Waals surface area contributed by atoms with Crippen LogP contribution in [0.5, 0.6) is 0 Å². The van der Waals surface area contributed by atoms with Gasteiger partial charge < -0.3 is 10.6 Å². The summed E-state index contributed by atoms with van der Waals surface area (Å²) in [7, 11) is 0. The third kappa shape index (κ3) is 7.74. The molecule has 2 aliphatic rings. The van der Waals surface area contributed by atoms with Gasteiger partial charge in [-0.1, -0.05) is 6.07 Å². The summed E-state index contributed by atoms with van der Waals surface area (Å²) >= 11 is 1.89. The van der Waals surface area contributed by atoms with E-state index in [9.17, 15) is 13.6 Å². The van der Waals surface area contributed by atoms with E-state index in [1.165, 1.54) is 12.1 Å². The Kier molecular flexibility index (Phi) is 10.9. The first-order valence-corrected chi connectivity index (χ1v) is 10.0. The van der Waals surface area contributed by atoms with Crippen molar-refractivity contribution in [1.82, 2.24) is 15.5 Å². The second kappa shape index (κ2) is 12.1. The van der Waals surface area contributed by atoms with Gasteiger partial charge >= 0.3 is 0 Å². The molecule has 1 aromatic rings. The van der Waals surface area contributed by atoms with Crippen LogP contribution in [-0.2, 0) is 11.3 Å². The Morgan fingerprint density at radius 1 is 1.22 bits per heavy atom. The van der Waals surface area contributed by atoms with E-state index in [0.29, 0.717) is 13.0 Å². The molecule has 9 heteroatoms. The summed E-state index contributed by atoms with van der Waals surface area (Å²) in [6, 6.07) is 4.56. The SMILES string of the molecule is Cl.Cl.O=C(CC1CSCCN1)NC1CCN(Cc2ccc(F)c(F)c2)CC1. The van der Waals surface area contributed by atoms with Gasteiger partial charge in [0.25, 0.3) is 0 Å². The second-order valence-electron chi connectivity index (χ2n) is 6.80. The molecule has 0 aromatic heterocycles. The van der Waals surface area contributed by atoms with Gasteiger partial charge in [-0.25, -0.2) is 8.78 Å². The van der Waals surface area contributed by atoms with E-state index in [1.807, 2.05) is 11.8 Å². The van der Waals surface area contributed by atoms with Gasteiger partial charge in [0.1, 0.15) is 0 Å². The number of piperidine rings is 1. The van der Waals surface area contributed by atoms with Crippen molar-refractivity contribution in [2.24, 2.45) is 0 Å². The minimum Gasteiger partial charge on any atom is -0.353 e. The number of amides is 1. The Hall–Kier alpha value is -0.600. The molecule has 2 N–H and O–H groups in total. The maximum atomic E-state index is 13.3. The van der Waals surface area contributed by atoms with Crippen molar-refractivity contribution < 1.29 is 13.6 Å². The molecule has 4 nitrogen and oxygen atoms in total. The number of nitrogens with zero attached hydrogens (tertiary/aromatic N) is 1. The molecule has 0 aliphatic carbocycles. The van der Waals surface area contributed by atoms with Gasteiger partial charge in [-0.2, -0.15) is 11.8 Å². The third-order valence-electron chi connectivity index (χ3n) is 4.77. The first kappa shape index (κ1) is 24.4. The minimum atomic E-state index is -0.809. The van der Waals surface area contributed by atoms with E-state index in [1.54, 1.807) is 6.07 Å². The maximum absolute atomic E-state index is 13.3. The van der Waals surface area contributed by atoms with Crippen LogP contribution in [0.1, 0.15) is 24.8 Å². The largest absolute Gasteiger partial charge is 0.353 e. The molecule has 1 atom stereocenters. The highest BCUT2D eigenvalue weighted by Crippen LogP contribution is 2.16. The number of carbonyl (C=O) groups excluding carboxylic acids is 1. The molecule has 1 unspecified atom stereocenters. The molecule has 0 spiro atoms. The van der Waals surface area contributed by atoms with Crippen LogP contribution in [0.3, 0.4) is 0 Å². The van der Waals surface area contributed by atoms with Crippen molar-refractivity contribution in [2.75, 3.05) is 31.1 Å². The molecule has 2 saturated heterocycles. The van der Waals surface area contributed by atoms with Gasteiger partial charge in [0.2, 0.25) is 5.91 Å². The van der Waals surface area contributed by atoms with Crippen LogP contribution in [-0.4, -0.2) is 54.0 Å². The molecular weight excluding hydrogens is 415 g/mol. The van der Waals surface area contributed by atoms with E-state index < -0.39 is 11.6 Å². The molecule has 0 saturated carbocycles. The fraction of sp³-hybridized carbons (Fsp3) is 0.611. The second-order valence-corrected chi connectivity index (χ2v) is 7.95. The van der Waals surface area contributed by atoms with E-state index >= 15 is 0 Å². The van der Waals surface area contributed by atoms with Crippen LogP contribution in [0.2, 0.25) is 0 Å². The van der Waals surface area contributed by atoms with Crippen molar-refractivity contribution in [2.45, 2.75) is 37.9 Å². The molecule has 2 aliphatic heterocycles. The van der Waals surface area contributed by atoms with Crippen LogP contribution in [0.25, 0.3) is 0 Å². The fourth-order valence-corrected chi connectivity index (χ4v) is 4.34. The zero-order valence-electron chi connectivity index (χ0n) is 15.1. The molecule has 154 valence electrons. The molecule has 27 heavy (non-hydrogen) atoms. The van der Waals surface area contributed by atoms with Crippen LogP contribution in [0, 0.1) is 11.6 Å². The number of benzene rings is 1. The number of hydrogen-bond donors (Lipinski definition) is 2. The smallest absolute Gasteiger partial charge is 0.221 e. The van der Waals surface area contributed by atoms with Crippen LogP contribution < -0.4 is 10.6 Å². The first-order valence-electron chi connectivity index (χ1n) is 8.87. The average Bonchev–Trinajstić information content (AvgIpc) is 2.61. The Balaban J connectivity index is 0.00000182. The highest BCUT2D eigenvalue weighted by Gasteiger charge is 2.23. The molecule has 1 aromatic carbocycles. The number of hydrogen-bond acceptors (Lipinski definition) is 4. The van der Waals surface area contributed by atoms with Crippen LogP contribution in [0.15, 0.2) is 18.2 Å². The Morgan fingerprint density at radius 3 is 2.59 bits per heavy atom. The number of halogens is 4. The van der Waals surface area contributed by atoms with Crippen molar-refractivity contribution in [3.05, 3.63) is 35.4 Å². The molecule has 1 amide bonds. The summed E-state index contributed by atoms with van der Waals surface area (Å²) < 4.78 is 26.3. The summed E-state index contributed by atoms with van der Waals surface area (Å²) in [5.74, 6) is 0.637. The van der Waals surface area contributed by atoms with Gasteiger partial charge in [-0.3, -0.25) is 9.69 Å². The predicted octanol–water partition coefficient (Wildman–Crippen LogP) is 2.98. The van der Waals surface area contributed by atoms with E-state index in [0.717, 1.165) is 49.5 Å². The quantitative estimate of drug-likeness (QED) is 0.736. The monoisotopic (exact) mass is 441 g/mol. The number of carbonyl (C=O) groups is 1. The maximum Gasteiger partial charge on any atom is 0.221 e. The highest BCUT2D eigenvalue weighted by atomic mass is 35.5. The molecule has 0 bridgehead atoms. The molecule has 3 rings (SSSR count). The van der Waals surface area contributed by atoms with Crippen molar-refractivity contribution in [1.29, 1.82) is 0 Å². The zero-order chi connectivity index (χ0) is 17.6. The number of rotatable bonds is 5. The van der Waals surface area contributed by atoms with Gasteiger partial charge in [0.15, 0.2) is 11.6 Å². The van der Waals surface area contributed by atoms with Crippen LogP contribution >= 0.6 is 36.6 Å². The number of nitrogens with one attached hydrogen (secondary N) is 2. The van der Waals surface area contributed by atoms with Gasteiger partial charge in [0.05, 0.1) is 0 Å².